The molecule has 0 aromatic heterocycles. The molecule has 1 aliphatic heterocycles. The van der Waals surface area contributed by atoms with Gasteiger partial charge in [-0.1, -0.05) is 12.1 Å². The van der Waals surface area contributed by atoms with Crippen LogP contribution in [0.3, 0.4) is 0 Å². The highest BCUT2D eigenvalue weighted by molar-refractivity contribution is 5.94. The normalized spacial score (nSPS) is 14.7. The van der Waals surface area contributed by atoms with Crippen molar-refractivity contribution in [1.29, 1.82) is 0 Å². The molecule has 0 saturated carbocycles. The summed E-state index contributed by atoms with van der Waals surface area (Å²) in [6.45, 7) is 10.1. The summed E-state index contributed by atoms with van der Waals surface area (Å²) in [6, 6.07) is 7.80. The van der Waals surface area contributed by atoms with Crippen molar-refractivity contribution < 1.29 is 14.3 Å². The summed E-state index contributed by atoms with van der Waals surface area (Å²) in [5.41, 5.74) is 1.27. The second-order valence-electron chi connectivity index (χ2n) is 8.64. The quantitative estimate of drug-likeness (QED) is 0.547. The van der Waals surface area contributed by atoms with Crippen molar-refractivity contribution >= 4 is 18.0 Å². The number of carbonyl (C=O) groups excluding carboxylic acids is 2. The van der Waals surface area contributed by atoms with Crippen molar-refractivity contribution in [1.82, 2.24) is 20.4 Å². The van der Waals surface area contributed by atoms with Crippen LogP contribution >= 0.6 is 0 Å². The molecule has 1 heterocycles. The van der Waals surface area contributed by atoms with Gasteiger partial charge in [0.2, 0.25) is 0 Å². The average molecular weight is 418 g/mol. The van der Waals surface area contributed by atoms with Gasteiger partial charge in [-0.3, -0.25) is 9.79 Å². The van der Waals surface area contributed by atoms with Gasteiger partial charge in [0.15, 0.2) is 5.96 Å². The van der Waals surface area contributed by atoms with Crippen molar-refractivity contribution in [3.63, 3.8) is 0 Å². The Morgan fingerprint density at radius 1 is 1.27 bits per heavy atom. The zero-order valence-corrected chi connectivity index (χ0v) is 19.0. The molecule has 30 heavy (non-hydrogen) atoms. The highest BCUT2D eigenvalue weighted by Gasteiger charge is 2.34. The maximum atomic E-state index is 12.1. The van der Waals surface area contributed by atoms with Crippen LogP contribution in [0.25, 0.3) is 0 Å². The molecular formula is C22H35N5O3. The Morgan fingerprint density at radius 3 is 2.57 bits per heavy atom. The van der Waals surface area contributed by atoms with E-state index in [2.05, 4.69) is 15.6 Å². The first-order chi connectivity index (χ1) is 14.1. The highest BCUT2D eigenvalue weighted by Crippen LogP contribution is 2.15. The van der Waals surface area contributed by atoms with E-state index in [0.717, 1.165) is 24.5 Å². The van der Waals surface area contributed by atoms with Gasteiger partial charge < -0.3 is 25.2 Å². The van der Waals surface area contributed by atoms with Crippen LogP contribution in [0.1, 0.15) is 43.6 Å². The fourth-order valence-electron chi connectivity index (χ4n) is 2.97. The molecule has 1 aliphatic rings. The molecule has 1 fully saturated rings. The number of hydrogen-bond donors (Lipinski definition) is 2. The summed E-state index contributed by atoms with van der Waals surface area (Å²) < 4.78 is 5.38. The molecule has 1 aromatic carbocycles. The number of aliphatic imine (C=N–C) groups is 1. The number of nitrogens with zero attached hydrogens (tertiary/aromatic N) is 3. The lowest BCUT2D eigenvalue weighted by Gasteiger charge is -2.40. The van der Waals surface area contributed by atoms with Gasteiger partial charge in [0.05, 0.1) is 6.04 Å². The predicted octanol–water partition coefficient (Wildman–Crippen LogP) is 2.11. The molecule has 2 N–H and O–H groups in total. The van der Waals surface area contributed by atoms with Gasteiger partial charge in [-0.25, -0.2) is 4.79 Å². The van der Waals surface area contributed by atoms with Gasteiger partial charge in [-0.15, -0.1) is 0 Å². The molecule has 0 unspecified atom stereocenters. The SMILES string of the molecule is CCNC(=NCCc1cccc(C(=O)N(C)C)c1)NC1CN(C(=O)OC(C)(C)C)C1. The van der Waals surface area contributed by atoms with Gasteiger partial charge in [-0.2, -0.15) is 0 Å². The summed E-state index contributed by atoms with van der Waals surface area (Å²) in [5.74, 6) is 0.724. The van der Waals surface area contributed by atoms with Crippen LogP contribution in [-0.2, 0) is 11.2 Å². The number of likely N-dealkylation sites (tertiary alicyclic amines) is 1. The first-order valence-electron chi connectivity index (χ1n) is 10.4. The van der Waals surface area contributed by atoms with Crippen LogP contribution in [0.15, 0.2) is 29.3 Å². The Bertz CT molecular complexity index is 764. The molecular weight excluding hydrogens is 382 g/mol. The lowest BCUT2D eigenvalue weighted by atomic mass is 10.1. The zero-order valence-electron chi connectivity index (χ0n) is 19.0. The molecule has 0 radical (unpaired) electrons. The van der Waals surface area contributed by atoms with E-state index in [1.165, 1.54) is 0 Å². The van der Waals surface area contributed by atoms with Crippen molar-refractivity contribution in [3.05, 3.63) is 35.4 Å². The standard InChI is InChI=1S/C22H35N5O3/c1-7-23-20(25-18-14-27(15-18)21(29)30-22(2,3)4)24-12-11-16-9-8-10-17(13-16)19(28)26(5)6/h8-10,13,18H,7,11-12,14-15H2,1-6H3,(H2,23,24,25). The fourth-order valence-corrected chi connectivity index (χ4v) is 2.97. The Balaban J connectivity index is 1.85. The molecule has 8 nitrogen and oxygen atoms in total. The van der Waals surface area contributed by atoms with E-state index < -0.39 is 5.60 Å². The summed E-state index contributed by atoms with van der Waals surface area (Å²) in [4.78, 5) is 32.1. The minimum Gasteiger partial charge on any atom is -0.444 e. The van der Waals surface area contributed by atoms with E-state index in [0.29, 0.717) is 25.2 Å². The molecule has 1 saturated heterocycles. The Hall–Kier alpha value is -2.77. The molecule has 2 amide bonds. The predicted molar refractivity (Wildman–Crippen MR) is 119 cm³/mol. The average Bonchev–Trinajstić information content (AvgIpc) is 2.62. The lowest BCUT2D eigenvalue weighted by Crippen LogP contribution is -2.63. The van der Waals surface area contributed by atoms with Crippen molar-refractivity contribution in [2.45, 2.75) is 45.8 Å². The third kappa shape index (κ3) is 7.24. The van der Waals surface area contributed by atoms with Crippen molar-refractivity contribution in [2.75, 3.05) is 40.3 Å². The number of carbonyl (C=O) groups is 2. The van der Waals surface area contributed by atoms with Gasteiger partial charge >= 0.3 is 6.09 Å². The van der Waals surface area contributed by atoms with Crippen LogP contribution in [-0.4, -0.2) is 79.7 Å². The Labute approximate surface area is 179 Å². The number of rotatable bonds is 6. The van der Waals surface area contributed by atoms with E-state index >= 15 is 0 Å². The van der Waals surface area contributed by atoms with Gasteiger partial charge in [0, 0.05) is 45.8 Å². The largest absolute Gasteiger partial charge is 0.444 e. The lowest BCUT2D eigenvalue weighted by molar-refractivity contribution is 0.00700. The second kappa shape index (κ2) is 10.3. The minimum absolute atomic E-state index is 0.00474. The maximum absolute atomic E-state index is 12.1. The van der Waals surface area contributed by atoms with Crippen LogP contribution in [0.4, 0.5) is 4.79 Å². The Morgan fingerprint density at radius 2 is 1.97 bits per heavy atom. The van der Waals surface area contributed by atoms with Crippen LogP contribution in [0.2, 0.25) is 0 Å². The molecule has 0 spiro atoms. The number of ether oxygens (including phenoxy) is 1. The van der Waals surface area contributed by atoms with E-state index in [1.54, 1.807) is 23.9 Å². The summed E-state index contributed by atoms with van der Waals surface area (Å²) in [6.07, 6.45) is 0.453. The number of amides is 2. The minimum atomic E-state index is -0.486. The van der Waals surface area contributed by atoms with Crippen LogP contribution in [0.5, 0.6) is 0 Å². The molecule has 0 atom stereocenters. The van der Waals surface area contributed by atoms with Gasteiger partial charge in [-0.05, 0) is 51.8 Å². The molecule has 8 heteroatoms. The van der Waals surface area contributed by atoms with Crippen LogP contribution in [0, 0.1) is 0 Å². The van der Waals surface area contributed by atoms with Crippen LogP contribution < -0.4 is 10.6 Å². The topological polar surface area (TPSA) is 86.3 Å². The van der Waals surface area contributed by atoms with Crippen molar-refractivity contribution in [2.24, 2.45) is 4.99 Å². The zero-order chi connectivity index (χ0) is 22.3. The molecule has 0 bridgehead atoms. The highest BCUT2D eigenvalue weighted by atomic mass is 16.6. The number of hydrogen-bond acceptors (Lipinski definition) is 4. The first-order valence-corrected chi connectivity index (χ1v) is 10.4. The van der Waals surface area contributed by atoms with E-state index in [4.69, 9.17) is 4.74 Å². The third-order valence-corrected chi connectivity index (χ3v) is 4.47. The molecule has 2 rings (SSSR count). The summed E-state index contributed by atoms with van der Waals surface area (Å²) >= 11 is 0. The van der Waals surface area contributed by atoms with E-state index in [1.807, 2.05) is 52.0 Å². The smallest absolute Gasteiger partial charge is 0.410 e. The van der Waals surface area contributed by atoms with Crippen molar-refractivity contribution in [3.8, 4) is 0 Å². The third-order valence-electron chi connectivity index (χ3n) is 4.47. The molecule has 1 aromatic rings. The van der Waals surface area contributed by atoms with E-state index in [-0.39, 0.29) is 18.0 Å². The summed E-state index contributed by atoms with van der Waals surface area (Å²) in [5, 5.41) is 6.60. The molecule has 0 aliphatic carbocycles. The van der Waals surface area contributed by atoms with Gasteiger partial charge in [0.25, 0.3) is 5.91 Å². The van der Waals surface area contributed by atoms with Gasteiger partial charge in [0.1, 0.15) is 5.60 Å². The monoisotopic (exact) mass is 417 g/mol. The Kier molecular flexibility index (Phi) is 8.08. The number of nitrogens with one attached hydrogen (secondary N) is 2. The first kappa shape index (κ1) is 23.5. The van der Waals surface area contributed by atoms with E-state index in [9.17, 15) is 9.59 Å². The summed E-state index contributed by atoms with van der Waals surface area (Å²) in [7, 11) is 3.50. The number of benzene rings is 1. The second-order valence-corrected chi connectivity index (χ2v) is 8.64. The maximum Gasteiger partial charge on any atom is 0.410 e. The fraction of sp³-hybridized carbons (Fsp3) is 0.591. The number of guanidine groups is 1. The molecule has 166 valence electrons.